The molecule has 0 N–H and O–H groups in total. The van der Waals surface area contributed by atoms with E-state index in [1.54, 1.807) is 0 Å². The molecule has 3 aromatic rings. The molecule has 3 atom stereocenters. The van der Waals surface area contributed by atoms with Crippen molar-refractivity contribution in [3.05, 3.63) is 111 Å². The summed E-state index contributed by atoms with van der Waals surface area (Å²) in [5, 5.41) is 10.9. The fourth-order valence-electron chi connectivity index (χ4n) is 5.04. The predicted molar refractivity (Wildman–Crippen MR) is 108 cm³/mol. The lowest BCUT2D eigenvalue weighted by atomic mass is 9.75. The van der Waals surface area contributed by atoms with Crippen molar-refractivity contribution in [2.75, 3.05) is 0 Å². The number of hydrogen-bond acceptors (Lipinski definition) is 4. The molecule has 0 spiro atoms. The standard InChI is InChI=1S/C24H19NO4/c26-23(16-10-12-19(13-11-16)25(27)28)29-24(18-6-2-1-3-7-18)15-17-14-22(24)21-9-5-4-8-20(17)21/h1-13,17,22H,14-15H2/t17-,22+,24-/m0/s1. The number of nitro groups is 1. The second-order valence-corrected chi connectivity index (χ2v) is 7.77. The monoisotopic (exact) mass is 385 g/mol. The minimum absolute atomic E-state index is 0.0480. The van der Waals surface area contributed by atoms with Gasteiger partial charge in [0, 0.05) is 18.1 Å². The first-order valence-electron chi connectivity index (χ1n) is 9.70. The van der Waals surface area contributed by atoms with E-state index in [2.05, 4.69) is 18.2 Å². The lowest BCUT2D eigenvalue weighted by Crippen LogP contribution is -2.37. The smallest absolute Gasteiger partial charge is 0.339 e. The number of ether oxygens (including phenoxy) is 1. The highest BCUT2D eigenvalue weighted by Crippen LogP contribution is 2.63. The van der Waals surface area contributed by atoms with Gasteiger partial charge in [-0.3, -0.25) is 10.1 Å². The molecule has 2 aliphatic carbocycles. The Balaban J connectivity index is 1.54. The Labute approximate surface area is 168 Å². The Bertz CT molecular complexity index is 1090. The number of hydrogen-bond donors (Lipinski definition) is 0. The van der Waals surface area contributed by atoms with E-state index in [4.69, 9.17) is 4.74 Å². The van der Waals surface area contributed by atoms with Crippen LogP contribution in [0.4, 0.5) is 5.69 Å². The third-order valence-corrected chi connectivity index (χ3v) is 6.30. The molecule has 2 bridgehead atoms. The maximum absolute atomic E-state index is 13.1. The normalized spacial score (nSPS) is 24.1. The zero-order valence-electron chi connectivity index (χ0n) is 15.7. The number of non-ortho nitro benzene ring substituents is 1. The third kappa shape index (κ3) is 2.73. The zero-order chi connectivity index (χ0) is 20.0. The average molecular weight is 385 g/mol. The first-order valence-corrected chi connectivity index (χ1v) is 9.70. The van der Waals surface area contributed by atoms with E-state index in [9.17, 15) is 14.9 Å². The largest absolute Gasteiger partial charge is 0.450 e. The summed E-state index contributed by atoms with van der Waals surface area (Å²) in [6.07, 6.45) is 1.71. The maximum Gasteiger partial charge on any atom is 0.339 e. The average Bonchev–Trinajstić information content (AvgIpc) is 3.32. The van der Waals surface area contributed by atoms with E-state index in [1.165, 1.54) is 35.4 Å². The van der Waals surface area contributed by atoms with Crippen molar-refractivity contribution in [3.63, 3.8) is 0 Å². The second kappa shape index (κ2) is 6.55. The number of fused-ring (bicyclic) bond motifs is 5. The van der Waals surface area contributed by atoms with Crippen LogP contribution in [0.25, 0.3) is 0 Å². The van der Waals surface area contributed by atoms with Gasteiger partial charge in [-0.2, -0.15) is 0 Å². The molecule has 2 aliphatic rings. The zero-order valence-corrected chi connectivity index (χ0v) is 15.7. The van der Waals surface area contributed by atoms with Crippen LogP contribution < -0.4 is 0 Å². The topological polar surface area (TPSA) is 69.4 Å². The molecule has 144 valence electrons. The predicted octanol–water partition coefficient (Wildman–Crippen LogP) is 5.32. The van der Waals surface area contributed by atoms with Crippen LogP contribution in [0.2, 0.25) is 0 Å². The molecule has 0 heterocycles. The van der Waals surface area contributed by atoms with E-state index >= 15 is 0 Å². The van der Waals surface area contributed by atoms with Gasteiger partial charge in [-0.15, -0.1) is 0 Å². The third-order valence-electron chi connectivity index (χ3n) is 6.30. The van der Waals surface area contributed by atoms with Crippen molar-refractivity contribution in [2.45, 2.75) is 30.3 Å². The van der Waals surface area contributed by atoms with Gasteiger partial charge in [0.15, 0.2) is 0 Å². The molecule has 1 fully saturated rings. The summed E-state index contributed by atoms with van der Waals surface area (Å²) in [6, 6.07) is 23.9. The molecule has 1 saturated carbocycles. The Kier molecular flexibility index (Phi) is 3.98. The van der Waals surface area contributed by atoms with Gasteiger partial charge < -0.3 is 4.74 Å². The molecule has 0 unspecified atom stereocenters. The Hall–Kier alpha value is -3.47. The first kappa shape index (κ1) is 17.6. The van der Waals surface area contributed by atoms with Gasteiger partial charge in [0.05, 0.1) is 10.5 Å². The summed E-state index contributed by atoms with van der Waals surface area (Å²) in [7, 11) is 0. The first-order chi connectivity index (χ1) is 14.1. The number of carbonyl (C=O) groups is 1. The molecule has 5 heteroatoms. The molecule has 5 rings (SSSR count). The van der Waals surface area contributed by atoms with Crippen molar-refractivity contribution < 1.29 is 14.5 Å². The van der Waals surface area contributed by atoms with Crippen LogP contribution >= 0.6 is 0 Å². The molecule has 0 aromatic heterocycles. The van der Waals surface area contributed by atoms with E-state index in [0.29, 0.717) is 11.5 Å². The summed E-state index contributed by atoms with van der Waals surface area (Å²) >= 11 is 0. The number of nitro benzene ring substituents is 1. The van der Waals surface area contributed by atoms with E-state index in [1.807, 2.05) is 36.4 Å². The van der Waals surface area contributed by atoms with Crippen LogP contribution in [0.5, 0.6) is 0 Å². The van der Waals surface area contributed by atoms with Crippen LogP contribution in [0, 0.1) is 10.1 Å². The van der Waals surface area contributed by atoms with Crippen molar-refractivity contribution in [3.8, 4) is 0 Å². The van der Waals surface area contributed by atoms with Crippen molar-refractivity contribution in [1.82, 2.24) is 0 Å². The number of nitrogens with zero attached hydrogens (tertiary/aromatic N) is 1. The van der Waals surface area contributed by atoms with Gasteiger partial charge in [-0.1, -0.05) is 54.6 Å². The van der Waals surface area contributed by atoms with Crippen LogP contribution in [0.1, 0.15) is 51.7 Å². The minimum Gasteiger partial charge on any atom is -0.450 e. The molecule has 5 nitrogen and oxygen atoms in total. The van der Waals surface area contributed by atoms with E-state index in [-0.39, 0.29) is 11.6 Å². The molecule has 29 heavy (non-hydrogen) atoms. The minimum atomic E-state index is -0.723. The molecule has 0 radical (unpaired) electrons. The summed E-state index contributed by atoms with van der Waals surface area (Å²) in [5.74, 6) is 0.0166. The molecule has 3 aromatic carbocycles. The van der Waals surface area contributed by atoms with Crippen molar-refractivity contribution in [1.29, 1.82) is 0 Å². The van der Waals surface area contributed by atoms with Gasteiger partial charge in [0.25, 0.3) is 5.69 Å². The maximum atomic E-state index is 13.1. The molecular formula is C24H19NO4. The van der Waals surface area contributed by atoms with E-state index in [0.717, 1.165) is 18.4 Å². The fourth-order valence-corrected chi connectivity index (χ4v) is 5.04. The molecule has 0 aliphatic heterocycles. The van der Waals surface area contributed by atoms with Crippen molar-refractivity contribution >= 4 is 11.7 Å². The highest BCUT2D eigenvalue weighted by atomic mass is 16.6. The number of carbonyl (C=O) groups excluding carboxylic acids is 1. The van der Waals surface area contributed by atoms with Crippen LogP contribution in [-0.4, -0.2) is 10.9 Å². The SMILES string of the molecule is O=C(O[C@]1(c2ccccc2)C[C@@H]2C[C@@H]1c1ccccc12)c1ccc([N+](=O)[O-])cc1. The van der Waals surface area contributed by atoms with Gasteiger partial charge >= 0.3 is 5.97 Å². The van der Waals surface area contributed by atoms with Gasteiger partial charge in [0.1, 0.15) is 5.60 Å². The Morgan fingerprint density at radius 1 is 0.931 bits per heavy atom. The number of esters is 1. The molecular weight excluding hydrogens is 366 g/mol. The van der Waals surface area contributed by atoms with Crippen LogP contribution in [0.3, 0.4) is 0 Å². The lowest BCUT2D eigenvalue weighted by molar-refractivity contribution is -0.384. The highest BCUT2D eigenvalue weighted by Gasteiger charge is 2.57. The van der Waals surface area contributed by atoms with Gasteiger partial charge in [-0.05, 0) is 47.6 Å². The summed E-state index contributed by atoms with van der Waals surface area (Å²) in [5.41, 5.74) is 3.16. The van der Waals surface area contributed by atoms with Crippen molar-refractivity contribution in [2.24, 2.45) is 0 Å². The van der Waals surface area contributed by atoms with E-state index < -0.39 is 16.5 Å². The second-order valence-electron chi connectivity index (χ2n) is 7.77. The summed E-state index contributed by atoms with van der Waals surface area (Å²) in [4.78, 5) is 23.5. The number of rotatable bonds is 4. The Morgan fingerprint density at radius 3 is 2.28 bits per heavy atom. The summed E-state index contributed by atoms with van der Waals surface area (Å²) in [6.45, 7) is 0. The molecule has 0 amide bonds. The quantitative estimate of drug-likeness (QED) is 0.346. The number of benzene rings is 3. The lowest BCUT2D eigenvalue weighted by Gasteiger charge is -2.38. The summed E-state index contributed by atoms with van der Waals surface area (Å²) < 4.78 is 6.25. The van der Waals surface area contributed by atoms with Crippen LogP contribution in [0.15, 0.2) is 78.9 Å². The van der Waals surface area contributed by atoms with Crippen LogP contribution in [-0.2, 0) is 10.3 Å². The molecule has 0 saturated heterocycles. The van der Waals surface area contributed by atoms with Gasteiger partial charge in [0.2, 0.25) is 0 Å². The fraction of sp³-hybridized carbons (Fsp3) is 0.208. The van der Waals surface area contributed by atoms with Gasteiger partial charge in [-0.25, -0.2) is 4.79 Å². The highest BCUT2D eigenvalue weighted by molar-refractivity contribution is 5.90. The Morgan fingerprint density at radius 2 is 1.59 bits per heavy atom.